The fourth-order valence-electron chi connectivity index (χ4n) is 4.26. The van der Waals surface area contributed by atoms with Crippen LogP contribution in [0.3, 0.4) is 0 Å². The lowest BCUT2D eigenvalue weighted by atomic mass is 9.90. The summed E-state index contributed by atoms with van der Waals surface area (Å²) in [7, 11) is -1.26. The Morgan fingerprint density at radius 3 is 1.97 bits per heavy atom. The molecular formula is C26H36O4Si. The summed E-state index contributed by atoms with van der Waals surface area (Å²) in [6.07, 6.45) is 3.00. The topological polar surface area (TPSA) is 55.8 Å². The molecule has 31 heavy (non-hydrogen) atoms. The first-order valence-corrected chi connectivity index (χ1v) is 12.7. The number of carbonyl (C=O) groups is 1. The van der Waals surface area contributed by atoms with Gasteiger partial charge in [-0.25, -0.2) is 0 Å². The van der Waals surface area contributed by atoms with Crippen LogP contribution in [0.25, 0.3) is 0 Å². The summed E-state index contributed by atoms with van der Waals surface area (Å²) >= 11 is 0. The summed E-state index contributed by atoms with van der Waals surface area (Å²) in [5.41, 5.74) is -1.16. The summed E-state index contributed by atoms with van der Waals surface area (Å²) in [4.78, 5) is 11.8. The zero-order chi connectivity index (χ0) is 23.0. The average Bonchev–Trinajstić information content (AvgIpc) is 2.74. The Bertz CT molecular complexity index is 790. The summed E-state index contributed by atoms with van der Waals surface area (Å²) in [6, 6.07) is 21.0. The highest BCUT2D eigenvalue weighted by Gasteiger charge is 2.50. The lowest BCUT2D eigenvalue weighted by Gasteiger charge is -2.43. The van der Waals surface area contributed by atoms with Crippen LogP contribution in [-0.4, -0.2) is 38.7 Å². The van der Waals surface area contributed by atoms with Crippen molar-refractivity contribution in [1.29, 1.82) is 0 Å². The molecule has 5 heteroatoms. The van der Waals surface area contributed by atoms with E-state index in [-0.39, 0.29) is 11.5 Å². The van der Waals surface area contributed by atoms with Gasteiger partial charge in [0.25, 0.3) is 8.32 Å². The predicted octanol–water partition coefficient (Wildman–Crippen LogP) is 4.21. The van der Waals surface area contributed by atoms with Gasteiger partial charge in [-0.1, -0.05) is 87.5 Å². The van der Waals surface area contributed by atoms with E-state index >= 15 is 0 Å². The van der Waals surface area contributed by atoms with E-state index in [1.165, 1.54) is 17.5 Å². The standard InChI is InChI=1S/C26H36O4Si/c1-6-18-26(28,21-24(27)29-5)19-13-20-30-31(25(2,3)4,22-14-9-7-10-15-22)23-16-11-8-12-17-23/h6-12,14-17,28H,1,13,18-21H2,2-5H3. The highest BCUT2D eigenvalue weighted by atomic mass is 28.4. The highest BCUT2D eigenvalue weighted by molar-refractivity contribution is 6.99. The van der Waals surface area contributed by atoms with Crippen molar-refractivity contribution in [2.24, 2.45) is 0 Å². The molecule has 0 bridgehead atoms. The Hall–Kier alpha value is -2.21. The van der Waals surface area contributed by atoms with Crippen LogP contribution in [0.1, 0.15) is 46.5 Å². The van der Waals surface area contributed by atoms with Crippen molar-refractivity contribution < 1.29 is 19.1 Å². The number of hydrogen-bond donors (Lipinski definition) is 1. The van der Waals surface area contributed by atoms with E-state index in [1.807, 2.05) is 12.1 Å². The number of hydrogen-bond acceptors (Lipinski definition) is 4. The Kier molecular flexibility index (Phi) is 8.80. The molecule has 1 unspecified atom stereocenters. The van der Waals surface area contributed by atoms with Crippen molar-refractivity contribution in [2.45, 2.75) is 57.1 Å². The number of carbonyl (C=O) groups excluding carboxylic acids is 1. The Balaban J connectivity index is 2.29. The summed E-state index contributed by atoms with van der Waals surface area (Å²) in [5, 5.41) is 13.3. The maximum atomic E-state index is 11.8. The Morgan fingerprint density at radius 2 is 1.55 bits per heavy atom. The number of esters is 1. The SMILES string of the molecule is C=CCC(O)(CCCO[Si](c1ccccc1)(c1ccccc1)C(C)(C)C)CC(=O)OC. The van der Waals surface area contributed by atoms with E-state index in [4.69, 9.17) is 9.16 Å². The molecule has 1 N–H and O–H groups in total. The molecule has 2 aromatic carbocycles. The minimum atomic E-state index is -2.60. The molecule has 0 radical (unpaired) electrons. The Labute approximate surface area is 188 Å². The van der Waals surface area contributed by atoms with Crippen LogP contribution >= 0.6 is 0 Å². The van der Waals surface area contributed by atoms with Gasteiger partial charge >= 0.3 is 5.97 Å². The maximum absolute atomic E-state index is 11.8. The van der Waals surface area contributed by atoms with Gasteiger partial charge in [-0.05, 0) is 34.7 Å². The number of methoxy groups -OCH3 is 1. The molecule has 0 amide bonds. The van der Waals surface area contributed by atoms with Crippen LogP contribution < -0.4 is 10.4 Å². The van der Waals surface area contributed by atoms with Gasteiger partial charge in [0.2, 0.25) is 0 Å². The number of ether oxygens (including phenoxy) is 1. The third kappa shape index (κ3) is 6.16. The van der Waals surface area contributed by atoms with Gasteiger partial charge in [0.1, 0.15) is 0 Å². The van der Waals surface area contributed by atoms with Crippen molar-refractivity contribution in [3.05, 3.63) is 73.3 Å². The predicted molar refractivity (Wildman–Crippen MR) is 129 cm³/mol. The zero-order valence-electron chi connectivity index (χ0n) is 19.3. The van der Waals surface area contributed by atoms with Crippen molar-refractivity contribution in [3.63, 3.8) is 0 Å². The molecule has 168 valence electrons. The fraction of sp³-hybridized carbons (Fsp3) is 0.423. The van der Waals surface area contributed by atoms with Crippen LogP contribution in [0.2, 0.25) is 5.04 Å². The van der Waals surface area contributed by atoms with Gasteiger partial charge in [0, 0.05) is 6.61 Å². The molecule has 0 aliphatic carbocycles. The quantitative estimate of drug-likeness (QED) is 0.246. The first kappa shape index (κ1) is 25.1. The molecule has 0 aliphatic heterocycles. The monoisotopic (exact) mass is 440 g/mol. The first-order valence-electron chi connectivity index (χ1n) is 10.8. The number of rotatable bonds is 11. The van der Waals surface area contributed by atoms with Gasteiger partial charge in [0.15, 0.2) is 0 Å². The summed E-state index contributed by atoms with van der Waals surface area (Å²) in [6.45, 7) is 10.9. The van der Waals surface area contributed by atoms with Crippen molar-refractivity contribution in [3.8, 4) is 0 Å². The molecule has 0 saturated heterocycles. The molecule has 0 saturated carbocycles. The number of aliphatic hydroxyl groups is 1. The smallest absolute Gasteiger partial charge is 0.308 e. The van der Waals surface area contributed by atoms with Crippen LogP contribution in [0, 0.1) is 0 Å². The zero-order valence-corrected chi connectivity index (χ0v) is 20.3. The second kappa shape index (κ2) is 10.9. The number of benzene rings is 2. The first-order chi connectivity index (χ1) is 14.7. The third-order valence-electron chi connectivity index (χ3n) is 5.75. The Morgan fingerprint density at radius 1 is 1.03 bits per heavy atom. The van der Waals surface area contributed by atoms with Crippen LogP contribution in [0.15, 0.2) is 73.3 Å². The van der Waals surface area contributed by atoms with E-state index in [1.54, 1.807) is 6.08 Å². The van der Waals surface area contributed by atoms with Crippen molar-refractivity contribution >= 4 is 24.7 Å². The second-order valence-corrected chi connectivity index (χ2v) is 13.4. The third-order valence-corrected chi connectivity index (χ3v) is 10.8. The van der Waals surface area contributed by atoms with Crippen LogP contribution in [0.5, 0.6) is 0 Å². The molecule has 0 spiro atoms. The second-order valence-electron chi connectivity index (χ2n) is 9.09. The lowest BCUT2D eigenvalue weighted by molar-refractivity contribution is -0.146. The van der Waals surface area contributed by atoms with E-state index in [0.29, 0.717) is 25.9 Å². The summed E-state index contributed by atoms with van der Waals surface area (Å²) < 4.78 is 11.6. The van der Waals surface area contributed by atoms with Crippen molar-refractivity contribution in [1.82, 2.24) is 0 Å². The highest BCUT2D eigenvalue weighted by Crippen LogP contribution is 2.37. The van der Waals surface area contributed by atoms with Gasteiger partial charge in [-0.3, -0.25) is 4.79 Å². The molecule has 2 aromatic rings. The average molecular weight is 441 g/mol. The minimum Gasteiger partial charge on any atom is -0.469 e. The molecule has 0 aliphatic rings. The van der Waals surface area contributed by atoms with Gasteiger partial charge in [-0.2, -0.15) is 0 Å². The van der Waals surface area contributed by atoms with Crippen LogP contribution in [-0.2, 0) is 14.0 Å². The van der Waals surface area contributed by atoms with Crippen LogP contribution in [0.4, 0.5) is 0 Å². The van der Waals surface area contributed by atoms with Gasteiger partial charge in [0.05, 0.1) is 19.1 Å². The molecule has 1 atom stereocenters. The van der Waals surface area contributed by atoms with E-state index in [2.05, 4.69) is 75.9 Å². The fourth-order valence-corrected chi connectivity index (χ4v) is 8.87. The normalized spacial score (nSPS) is 14.0. The summed E-state index contributed by atoms with van der Waals surface area (Å²) in [5.74, 6) is -0.419. The van der Waals surface area contributed by atoms with Gasteiger partial charge in [-0.15, -0.1) is 6.58 Å². The van der Waals surface area contributed by atoms with E-state index in [0.717, 1.165) is 0 Å². The van der Waals surface area contributed by atoms with E-state index < -0.39 is 19.9 Å². The van der Waals surface area contributed by atoms with E-state index in [9.17, 15) is 9.90 Å². The largest absolute Gasteiger partial charge is 0.469 e. The molecule has 2 rings (SSSR count). The molecule has 0 heterocycles. The molecule has 4 nitrogen and oxygen atoms in total. The lowest BCUT2D eigenvalue weighted by Crippen LogP contribution is -2.66. The maximum Gasteiger partial charge on any atom is 0.308 e. The molecular weight excluding hydrogens is 404 g/mol. The van der Waals surface area contributed by atoms with Gasteiger partial charge < -0.3 is 14.3 Å². The van der Waals surface area contributed by atoms with Crippen molar-refractivity contribution in [2.75, 3.05) is 13.7 Å². The molecule has 0 aromatic heterocycles. The minimum absolute atomic E-state index is 0.0469. The molecule has 0 fully saturated rings.